The largest absolute Gasteiger partial charge is 0.493 e. The van der Waals surface area contributed by atoms with Crippen molar-refractivity contribution in [2.24, 2.45) is 5.16 Å². The summed E-state index contributed by atoms with van der Waals surface area (Å²) in [6.45, 7) is 0.171. The van der Waals surface area contributed by atoms with Crippen LogP contribution in [0.1, 0.15) is 16.7 Å². The number of halogens is 2. The van der Waals surface area contributed by atoms with Crippen LogP contribution in [0.15, 0.2) is 81.9 Å². The van der Waals surface area contributed by atoms with E-state index < -0.39 is 5.97 Å². The first kappa shape index (κ1) is 20.8. The molecule has 4 rings (SSSR count). The minimum atomic E-state index is -0.527. The van der Waals surface area contributed by atoms with E-state index in [0.717, 1.165) is 5.56 Å². The maximum atomic E-state index is 13.4. The smallest absolute Gasteiger partial charge is 0.368 e. The highest BCUT2D eigenvalue weighted by atomic mass is 79.9. The molecule has 0 aliphatic carbocycles. The van der Waals surface area contributed by atoms with E-state index in [9.17, 15) is 9.18 Å². The molecule has 0 bridgehead atoms. The number of ether oxygens (including phenoxy) is 2. The highest BCUT2D eigenvalue weighted by molar-refractivity contribution is 9.10. The third-order valence-electron chi connectivity index (χ3n) is 4.58. The highest BCUT2D eigenvalue weighted by Gasteiger charge is 2.27. The van der Waals surface area contributed by atoms with Crippen molar-refractivity contribution >= 4 is 33.7 Å². The van der Waals surface area contributed by atoms with Gasteiger partial charge in [0.2, 0.25) is 0 Å². The molecule has 3 aromatic carbocycles. The summed E-state index contributed by atoms with van der Waals surface area (Å²) in [6.07, 6.45) is 1.69. The number of nitrogens with zero attached hydrogens (tertiary/aromatic N) is 1. The van der Waals surface area contributed by atoms with Crippen molar-refractivity contribution in [1.82, 2.24) is 0 Å². The molecule has 0 aromatic heterocycles. The van der Waals surface area contributed by atoms with Gasteiger partial charge >= 0.3 is 5.97 Å². The molecule has 3 aromatic rings. The van der Waals surface area contributed by atoms with Gasteiger partial charge in [-0.3, -0.25) is 0 Å². The molecular weight excluding hydrogens is 465 g/mol. The fourth-order valence-electron chi connectivity index (χ4n) is 3.13. The lowest BCUT2D eigenvalue weighted by Crippen LogP contribution is -2.06. The van der Waals surface area contributed by atoms with Gasteiger partial charge in [0.25, 0.3) is 0 Å². The van der Waals surface area contributed by atoms with Crippen LogP contribution in [0, 0.1) is 5.82 Å². The van der Waals surface area contributed by atoms with Gasteiger partial charge < -0.3 is 14.3 Å². The predicted molar refractivity (Wildman–Crippen MR) is 118 cm³/mol. The average molecular weight is 482 g/mol. The van der Waals surface area contributed by atoms with Crippen LogP contribution >= 0.6 is 15.9 Å². The molecule has 7 heteroatoms. The van der Waals surface area contributed by atoms with Crippen molar-refractivity contribution in [2.45, 2.75) is 6.61 Å². The monoisotopic (exact) mass is 481 g/mol. The number of oxime groups is 1. The van der Waals surface area contributed by atoms with Gasteiger partial charge in [0.05, 0.1) is 17.2 Å². The third kappa shape index (κ3) is 4.67. The Morgan fingerprint density at radius 1 is 1.10 bits per heavy atom. The molecule has 156 valence electrons. The van der Waals surface area contributed by atoms with E-state index >= 15 is 0 Å². The number of rotatable bonds is 6. The molecule has 31 heavy (non-hydrogen) atoms. The number of methoxy groups -OCH3 is 1. The molecule has 0 radical (unpaired) electrons. The first-order valence-electron chi connectivity index (χ1n) is 9.37. The summed E-state index contributed by atoms with van der Waals surface area (Å²) in [6, 6.07) is 19.1. The third-order valence-corrected chi connectivity index (χ3v) is 5.17. The van der Waals surface area contributed by atoms with Gasteiger partial charge in [-0.25, -0.2) is 9.18 Å². The number of benzene rings is 3. The summed E-state index contributed by atoms with van der Waals surface area (Å²) in [5, 5.41) is 3.92. The van der Waals surface area contributed by atoms with Crippen LogP contribution < -0.4 is 9.47 Å². The topological polar surface area (TPSA) is 57.1 Å². The Labute approximate surface area is 186 Å². The fraction of sp³-hybridized carbons (Fsp3) is 0.0833. The first-order chi connectivity index (χ1) is 15.0. The van der Waals surface area contributed by atoms with Crippen molar-refractivity contribution in [3.63, 3.8) is 0 Å². The van der Waals surface area contributed by atoms with E-state index in [-0.39, 0.29) is 12.4 Å². The van der Waals surface area contributed by atoms with Crippen LogP contribution in [0.25, 0.3) is 6.08 Å². The molecule has 0 fully saturated rings. The standard InChI is InChI=1S/C24H17BrFNO4/c1-29-21-13-16(11-19-22(27-31-24(19)28)17-7-3-2-4-8-17)12-20(25)23(21)30-14-15-6-5-9-18(26)10-15/h2-13H,14H2,1H3/b19-11-. The summed E-state index contributed by atoms with van der Waals surface area (Å²) in [4.78, 5) is 17.1. The highest BCUT2D eigenvalue weighted by Crippen LogP contribution is 2.38. The summed E-state index contributed by atoms with van der Waals surface area (Å²) >= 11 is 3.50. The first-order valence-corrected chi connectivity index (χ1v) is 10.2. The normalized spacial score (nSPS) is 14.4. The molecule has 0 unspecified atom stereocenters. The molecule has 5 nitrogen and oxygen atoms in total. The second-order valence-corrected chi connectivity index (χ2v) is 7.55. The van der Waals surface area contributed by atoms with Gasteiger partial charge in [-0.15, -0.1) is 0 Å². The van der Waals surface area contributed by atoms with Gasteiger partial charge in [-0.1, -0.05) is 47.6 Å². The summed E-state index contributed by atoms with van der Waals surface area (Å²) in [5.41, 5.74) is 2.97. The summed E-state index contributed by atoms with van der Waals surface area (Å²) in [5.74, 6) is 0.0795. The van der Waals surface area contributed by atoms with Crippen LogP contribution in [0.4, 0.5) is 4.39 Å². The van der Waals surface area contributed by atoms with Gasteiger partial charge in [0.15, 0.2) is 11.5 Å². The van der Waals surface area contributed by atoms with Crippen molar-refractivity contribution in [3.05, 3.63) is 99.3 Å². The number of carbonyl (C=O) groups excluding carboxylic acids is 1. The van der Waals surface area contributed by atoms with Crippen LogP contribution in [0.5, 0.6) is 11.5 Å². The summed E-state index contributed by atoms with van der Waals surface area (Å²) in [7, 11) is 1.52. The zero-order valence-corrected chi connectivity index (χ0v) is 18.1. The van der Waals surface area contributed by atoms with Crippen molar-refractivity contribution in [1.29, 1.82) is 0 Å². The van der Waals surface area contributed by atoms with Crippen LogP contribution in [-0.2, 0) is 16.2 Å². The molecule has 0 N–H and O–H groups in total. The molecule has 1 aliphatic rings. The van der Waals surface area contributed by atoms with Crippen LogP contribution in [-0.4, -0.2) is 18.8 Å². The Bertz CT molecular complexity index is 1190. The lowest BCUT2D eigenvalue weighted by molar-refractivity contribution is -0.136. The molecule has 0 saturated heterocycles. The zero-order valence-electron chi connectivity index (χ0n) is 16.5. The second kappa shape index (κ2) is 9.14. The molecule has 0 saturated carbocycles. The minimum Gasteiger partial charge on any atom is -0.493 e. The van der Waals surface area contributed by atoms with Gasteiger partial charge in [0.1, 0.15) is 18.1 Å². The quantitative estimate of drug-likeness (QED) is 0.343. The minimum absolute atomic E-state index is 0.171. The zero-order chi connectivity index (χ0) is 21.8. The van der Waals surface area contributed by atoms with E-state index in [0.29, 0.717) is 38.4 Å². The van der Waals surface area contributed by atoms with E-state index in [1.807, 2.05) is 30.3 Å². The number of hydrogen-bond donors (Lipinski definition) is 0. The van der Waals surface area contributed by atoms with E-state index in [4.69, 9.17) is 14.3 Å². The average Bonchev–Trinajstić information content (AvgIpc) is 3.13. The predicted octanol–water partition coefficient (Wildman–Crippen LogP) is 5.52. The molecule has 0 atom stereocenters. The molecule has 0 amide bonds. The van der Waals surface area contributed by atoms with E-state index in [1.54, 1.807) is 30.3 Å². The molecule has 1 aliphatic heterocycles. The Kier molecular flexibility index (Phi) is 6.13. The molecular formula is C24H17BrFNO4. The Morgan fingerprint density at radius 2 is 1.90 bits per heavy atom. The lowest BCUT2D eigenvalue weighted by atomic mass is 10.0. The lowest BCUT2D eigenvalue weighted by Gasteiger charge is -2.14. The van der Waals surface area contributed by atoms with Crippen molar-refractivity contribution in [2.75, 3.05) is 7.11 Å². The Balaban J connectivity index is 1.63. The van der Waals surface area contributed by atoms with Crippen LogP contribution in [0.2, 0.25) is 0 Å². The SMILES string of the molecule is COc1cc(/C=C2\C(=O)ON=C2c2ccccc2)cc(Br)c1OCc1cccc(F)c1. The maximum absolute atomic E-state index is 13.4. The van der Waals surface area contributed by atoms with Crippen LogP contribution in [0.3, 0.4) is 0 Å². The van der Waals surface area contributed by atoms with Crippen molar-refractivity contribution < 1.29 is 23.5 Å². The molecule has 0 spiro atoms. The van der Waals surface area contributed by atoms with Gasteiger partial charge in [0, 0.05) is 5.56 Å². The number of carbonyl (C=O) groups is 1. The van der Waals surface area contributed by atoms with E-state index in [2.05, 4.69) is 21.1 Å². The van der Waals surface area contributed by atoms with Gasteiger partial charge in [-0.2, -0.15) is 0 Å². The molecule has 1 heterocycles. The van der Waals surface area contributed by atoms with E-state index in [1.165, 1.54) is 19.2 Å². The van der Waals surface area contributed by atoms with Crippen molar-refractivity contribution in [3.8, 4) is 11.5 Å². The second-order valence-electron chi connectivity index (χ2n) is 6.70. The summed E-state index contributed by atoms with van der Waals surface area (Å²) < 4.78 is 25.4. The Hall–Kier alpha value is -3.45. The number of hydrogen-bond acceptors (Lipinski definition) is 5. The Morgan fingerprint density at radius 3 is 2.65 bits per heavy atom. The maximum Gasteiger partial charge on any atom is 0.368 e. The fourth-order valence-corrected chi connectivity index (χ4v) is 3.70. The van der Waals surface area contributed by atoms with Gasteiger partial charge in [-0.05, 0) is 57.4 Å².